The van der Waals surface area contributed by atoms with Gasteiger partial charge in [0.2, 0.25) is 0 Å². The summed E-state index contributed by atoms with van der Waals surface area (Å²) in [5.74, 6) is -2.57. The number of urea groups is 1. The van der Waals surface area contributed by atoms with E-state index in [2.05, 4.69) is 0 Å². The van der Waals surface area contributed by atoms with Crippen LogP contribution < -0.4 is 0 Å². The van der Waals surface area contributed by atoms with Crippen LogP contribution in [0.5, 0.6) is 0 Å². The summed E-state index contributed by atoms with van der Waals surface area (Å²) in [6.07, 6.45) is 1.52. The highest BCUT2D eigenvalue weighted by Crippen LogP contribution is 2.02. The molecule has 0 unspecified atom stereocenters. The van der Waals surface area contributed by atoms with E-state index in [1.807, 2.05) is 6.92 Å². The molecule has 2 amide bonds. The average Bonchev–Trinajstić information content (AvgIpc) is 2.31. The number of aliphatic carboxylic acids is 2. The van der Waals surface area contributed by atoms with Gasteiger partial charge in [-0.05, 0) is 6.42 Å². The molecule has 8 nitrogen and oxygen atoms in total. The van der Waals surface area contributed by atoms with Gasteiger partial charge >= 0.3 is 18.0 Å². The van der Waals surface area contributed by atoms with Crippen molar-refractivity contribution in [2.45, 2.75) is 19.8 Å². The van der Waals surface area contributed by atoms with Crippen LogP contribution in [0.2, 0.25) is 0 Å². The zero-order valence-electron chi connectivity index (χ0n) is 10.9. The number of carbonyl (C=O) groups excluding carboxylic acids is 1. The van der Waals surface area contributed by atoms with E-state index in [0.717, 1.165) is 11.3 Å². The van der Waals surface area contributed by atoms with E-state index in [4.69, 9.17) is 15.3 Å². The summed E-state index contributed by atoms with van der Waals surface area (Å²) in [7, 11) is 0. The molecule has 0 atom stereocenters. The third kappa shape index (κ3) is 7.24. The Bertz CT molecular complexity index is 304. The second kappa shape index (κ2) is 9.15. The SMILES string of the molecule is CCCCN(CCO)C(=O)N(CC(=O)O)CC(=O)O. The maximum Gasteiger partial charge on any atom is 0.323 e. The minimum Gasteiger partial charge on any atom is -0.480 e. The molecular formula is C11H20N2O6. The molecule has 0 aliphatic rings. The number of hydrogen-bond donors (Lipinski definition) is 3. The Hall–Kier alpha value is -1.83. The molecule has 8 heteroatoms. The number of unbranched alkanes of at least 4 members (excludes halogenated alkanes) is 1. The van der Waals surface area contributed by atoms with Crippen molar-refractivity contribution >= 4 is 18.0 Å². The van der Waals surface area contributed by atoms with Crippen molar-refractivity contribution in [3.8, 4) is 0 Å². The van der Waals surface area contributed by atoms with Gasteiger partial charge in [-0.2, -0.15) is 0 Å². The van der Waals surface area contributed by atoms with E-state index >= 15 is 0 Å². The highest BCUT2D eigenvalue weighted by atomic mass is 16.4. The minimum absolute atomic E-state index is 0.0502. The quantitative estimate of drug-likeness (QED) is 0.530. The van der Waals surface area contributed by atoms with Crippen LogP contribution in [0.15, 0.2) is 0 Å². The van der Waals surface area contributed by atoms with Crippen molar-refractivity contribution in [2.75, 3.05) is 32.8 Å². The lowest BCUT2D eigenvalue weighted by molar-refractivity contribution is -0.140. The standard InChI is InChI=1S/C11H20N2O6/c1-2-3-4-12(5-6-14)11(19)13(7-9(15)16)8-10(17)18/h14H,2-8H2,1H3,(H,15,16)(H,17,18). The summed E-state index contributed by atoms with van der Waals surface area (Å²) < 4.78 is 0. The largest absolute Gasteiger partial charge is 0.480 e. The van der Waals surface area contributed by atoms with Crippen molar-refractivity contribution in [3.63, 3.8) is 0 Å². The monoisotopic (exact) mass is 276 g/mol. The molecule has 0 saturated heterocycles. The topological polar surface area (TPSA) is 118 Å². The molecule has 0 aliphatic heterocycles. The molecular weight excluding hydrogens is 256 g/mol. The maximum atomic E-state index is 12.0. The lowest BCUT2D eigenvalue weighted by Crippen LogP contribution is -2.48. The molecule has 0 bridgehead atoms. The summed E-state index contributed by atoms with van der Waals surface area (Å²) in [5, 5.41) is 26.2. The summed E-state index contributed by atoms with van der Waals surface area (Å²) in [6, 6.07) is -0.688. The van der Waals surface area contributed by atoms with Crippen LogP contribution >= 0.6 is 0 Å². The molecule has 19 heavy (non-hydrogen) atoms. The number of amides is 2. The Morgan fingerprint density at radius 1 is 0.947 bits per heavy atom. The van der Waals surface area contributed by atoms with E-state index in [-0.39, 0.29) is 13.2 Å². The van der Waals surface area contributed by atoms with Crippen LogP contribution in [0.3, 0.4) is 0 Å². The van der Waals surface area contributed by atoms with Crippen molar-refractivity contribution in [3.05, 3.63) is 0 Å². The summed E-state index contributed by atoms with van der Waals surface area (Å²) >= 11 is 0. The molecule has 0 fully saturated rings. The molecule has 3 N–H and O–H groups in total. The van der Waals surface area contributed by atoms with Crippen molar-refractivity contribution in [1.82, 2.24) is 9.80 Å². The van der Waals surface area contributed by atoms with Crippen LogP contribution in [-0.4, -0.2) is 75.9 Å². The number of aliphatic hydroxyl groups excluding tert-OH is 1. The molecule has 0 aromatic rings. The third-order valence-corrected chi connectivity index (χ3v) is 2.34. The van der Waals surface area contributed by atoms with Gasteiger partial charge in [0.15, 0.2) is 0 Å². The van der Waals surface area contributed by atoms with Crippen LogP contribution in [-0.2, 0) is 9.59 Å². The van der Waals surface area contributed by atoms with Gasteiger partial charge in [0.25, 0.3) is 0 Å². The summed E-state index contributed by atoms with van der Waals surface area (Å²) in [6.45, 7) is 0.704. The fourth-order valence-electron chi connectivity index (χ4n) is 1.49. The molecule has 0 saturated carbocycles. The van der Waals surface area contributed by atoms with E-state index < -0.39 is 31.1 Å². The minimum atomic E-state index is -1.28. The fraction of sp³-hybridized carbons (Fsp3) is 0.727. The number of carboxylic acid groups (broad SMARTS) is 2. The smallest absolute Gasteiger partial charge is 0.323 e. The van der Waals surface area contributed by atoms with E-state index in [1.165, 1.54) is 4.90 Å². The Balaban J connectivity index is 4.77. The molecule has 0 aromatic heterocycles. The van der Waals surface area contributed by atoms with Crippen molar-refractivity contribution < 1.29 is 29.7 Å². The fourth-order valence-corrected chi connectivity index (χ4v) is 1.49. The maximum absolute atomic E-state index is 12.0. The summed E-state index contributed by atoms with van der Waals surface area (Å²) in [4.78, 5) is 35.3. The van der Waals surface area contributed by atoms with E-state index in [1.54, 1.807) is 0 Å². The zero-order chi connectivity index (χ0) is 14.8. The highest BCUT2D eigenvalue weighted by molar-refractivity contribution is 5.84. The van der Waals surface area contributed by atoms with Gasteiger partial charge < -0.3 is 25.1 Å². The van der Waals surface area contributed by atoms with Gasteiger partial charge in [-0.3, -0.25) is 9.59 Å². The number of rotatable bonds is 9. The second-order valence-corrected chi connectivity index (χ2v) is 3.99. The first-order valence-corrected chi connectivity index (χ1v) is 6.00. The van der Waals surface area contributed by atoms with Crippen LogP contribution in [0.1, 0.15) is 19.8 Å². The lowest BCUT2D eigenvalue weighted by atomic mass is 10.3. The predicted octanol–water partition coefficient (Wildman–Crippen LogP) is -0.328. The second-order valence-electron chi connectivity index (χ2n) is 3.99. The number of aliphatic hydroxyl groups is 1. The third-order valence-electron chi connectivity index (χ3n) is 2.34. The molecule has 0 rings (SSSR count). The van der Waals surface area contributed by atoms with E-state index in [9.17, 15) is 14.4 Å². The number of carbonyl (C=O) groups is 3. The molecule has 110 valence electrons. The molecule has 0 aliphatic carbocycles. The number of carboxylic acids is 2. The molecule has 0 spiro atoms. The average molecular weight is 276 g/mol. The zero-order valence-corrected chi connectivity index (χ0v) is 10.9. The highest BCUT2D eigenvalue weighted by Gasteiger charge is 2.24. The van der Waals surface area contributed by atoms with Gasteiger partial charge in [0.1, 0.15) is 13.1 Å². The van der Waals surface area contributed by atoms with Crippen molar-refractivity contribution in [2.24, 2.45) is 0 Å². The Kier molecular flexibility index (Phi) is 8.27. The number of nitrogens with zero attached hydrogens (tertiary/aromatic N) is 2. The number of hydrogen-bond acceptors (Lipinski definition) is 4. The van der Waals surface area contributed by atoms with Gasteiger partial charge in [0.05, 0.1) is 6.61 Å². The summed E-state index contributed by atoms with van der Waals surface area (Å²) in [5.41, 5.74) is 0. The van der Waals surface area contributed by atoms with Crippen LogP contribution in [0.25, 0.3) is 0 Å². The van der Waals surface area contributed by atoms with Crippen LogP contribution in [0, 0.1) is 0 Å². The van der Waals surface area contributed by atoms with Gasteiger partial charge in [-0.25, -0.2) is 4.79 Å². The first-order valence-electron chi connectivity index (χ1n) is 6.00. The van der Waals surface area contributed by atoms with Gasteiger partial charge in [-0.1, -0.05) is 13.3 Å². The predicted molar refractivity (Wildman–Crippen MR) is 65.8 cm³/mol. The molecule has 0 aromatic carbocycles. The lowest BCUT2D eigenvalue weighted by Gasteiger charge is -2.28. The first kappa shape index (κ1) is 17.2. The molecule has 0 radical (unpaired) electrons. The van der Waals surface area contributed by atoms with Crippen LogP contribution in [0.4, 0.5) is 4.79 Å². The van der Waals surface area contributed by atoms with Crippen molar-refractivity contribution in [1.29, 1.82) is 0 Å². The van der Waals surface area contributed by atoms with Gasteiger partial charge in [-0.15, -0.1) is 0 Å². The Morgan fingerprint density at radius 3 is 1.84 bits per heavy atom. The van der Waals surface area contributed by atoms with Gasteiger partial charge in [0, 0.05) is 13.1 Å². The first-order chi connectivity index (χ1) is 8.92. The Labute approximate surface area is 111 Å². The molecule has 0 heterocycles. The normalized spacial score (nSPS) is 10.0. The Morgan fingerprint density at radius 2 is 1.47 bits per heavy atom. The van der Waals surface area contributed by atoms with E-state index in [0.29, 0.717) is 13.0 Å².